The summed E-state index contributed by atoms with van der Waals surface area (Å²) in [7, 11) is 3.49. The number of benzene rings is 2. The van der Waals surface area contributed by atoms with Crippen LogP contribution in [-0.4, -0.2) is 35.8 Å². The summed E-state index contributed by atoms with van der Waals surface area (Å²) in [5, 5.41) is 3.01. The number of aromatic nitrogens is 2. The van der Waals surface area contributed by atoms with Crippen LogP contribution in [-0.2, 0) is 11.8 Å². The number of nitrogens with zero attached hydrogens (tertiary/aromatic N) is 2. The lowest BCUT2D eigenvalue weighted by Gasteiger charge is -2.21. The second kappa shape index (κ2) is 10.3. The smallest absolute Gasteiger partial charge is 0.258 e. The normalized spacial score (nSPS) is 11.6. The van der Waals surface area contributed by atoms with Crippen molar-refractivity contribution in [3.63, 3.8) is 0 Å². The monoisotopic (exact) mass is 409 g/mol. The van der Waals surface area contributed by atoms with Gasteiger partial charge in [0, 0.05) is 25.0 Å². The number of methoxy groups -OCH3 is 1. The first kappa shape index (κ1) is 21.2. The van der Waals surface area contributed by atoms with Crippen molar-refractivity contribution in [1.82, 2.24) is 14.9 Å². The fourth-order valence-electron chi connectivity index (χ4n) is 3.05. The molecule has 158 valence electrons. The van der Waals surface area contributed by atoms with Gasteiger partial charge < -0.3 is 24.1 Å². The molecule has 0 aliphatic rings. The third-order valence-electron chi connectivity index (χ3n) is 4.54. The van der Waals surface area contributed by atoms with Crippen LogP contribution in [0.4, 0.5) is 0 Å². The first-order valence-corrected chi connectivity index (χ1v) is 9.87. The summed E-state index contributed by atoms with van der Waals surface area (Å²) < 4.78 is 18.5. The maximum atomic E-state index is 12.7. The predicted molar refractivity (Wildman–Crippen MR) is 114 cm³/mol. The summed E-state index contributed by atoms with van der Waals surface area (Å²) in [6.45, 7) is 2.60. The Labute approximate surface area is 176 Å². The molecule has 30 heavy (non-hydrogen) atoms. The molecule has 0 fully saturated rings. The van der Waals surface area contributed by atoms with E-state index in [9.17, 15) is 4.79 Å². The fraction of sp³-hybridized carbons (Fsp3) is 0.304. The van der Waals surface area contributed by atoms with E-state index in [0.29, 0.717) is 23.9 Å². The van der Waals surface area contributed by atoms with E-state index < -0.39 is 6.04 Å². The molecule has 3 aromatic rings. The molecule has 0 radical (unpaired) electrons. The highest BCUT2D eigenvalue weighted by Crippen LogP contribution is 2.29. The van der Waals surface area contributed by atoms with Crippen LogP contribution in [0.25, 0.3) is 0 Å². The van der Waals surface area contributed by atoms with Crippen molar-refractivity contribution in [3.8, 4) is 17.2 Å². The summed E-state index contributed by atoms with van der Waals surface area (Å²) in [4.78, 5) is 17.1. The lowest BCUT2D eigenvalue weighted by Crippen LogP contribution is -2.34. The van der Waals surface area contributed by atoms with E-state index in [2.05, 4.69) is 17.2 Å². The molecule has 7 nitrogen and oxygen atoms in total. The van der Waals surface area contributed by atoms with E-state index in [1.165, 1.54) is 0 Å². The van der Waals surface area contributed by atoms with Gasteiger partial charge in [-0.1, -0.05) is 25.1 Å². The van der Waals surface area contributed by atoms with Crippen LogP contribution in [0, 0.1) is 0 Å². The van der Waals surface area contributed by atoms with Gasteiger partial charge in [0.05, 0.1) is 13.7 Å². The highest BCUT2D eigenvalue weighted by molar-refractivity contribution is 5.78. The van der Waals surface area contributed by atoms with Crippen LogP contribution in [0.2, 0.25) is 0 Å². The van der Waals surface area contributed by atoms with Crippen LogP contribution < -0.4 is 19.5 Å². The SMILES string of the molecule is CCCOc1ccc(OCC(=O)NC(c2ccccc2OC)c2nccn2C)cc1. The quantitative estimate of drug-likeness (QED) is 0.555. The Balaban J connectivity index is 1.69. The summed E-state index contributed by atoms with van der Waals surface area (Å²) in [6.07, 6.45) is 4.48. The summed E-state index contributed by atoms with van der Waals surface area (Å²) in [5.74, 6) is 2.49. The van der Waals surface area contributed by atoms with Crippen molar-refractivity contribution in [3.05, 3.63) is 72.3 Å². The largest absolute Gasteiger partial charge is 0.496 e. The molecule has 0 aliphatic heterocycles. The average Bonchev–Trinajstić information content (AvgIpc) is 3.21. The maximum absolute atomic E-state index is 12.7. The lowest BCUT2D eigenvalue weighted by atomic mass is 10.0. The third kappa shape index (κ3) is 5.31. The molecule has 0 bridgehead atoms. The number of para-hydroxylation sites is 1. The number of carbonyl (C=O) groups is 1. The van der Waals surface area contributed by atoms with Crippen molar-refractivity contribution in [2.24, 2.45) is 7.05 Å². The van der Waals surface area contributed by atoms with Crippen LogP contribution in [0.1, 0.15) is 30.8 Å². The molecule has 1 unspecified atom stereocenters. The zero-order valence-corrected chi connectivity index (χ0v) is 17.5. The van der Waals surface area contributed by atoms with Gasteiger partial charge in [-0.15, -0.1) is 0 Å². The van der Waals surface area contributed by atoms with E-state index in [4.69, 9.17) is 14.2 Å². The molecular formula is C23H27N3O4. The molecular weight excluding hydrogens is 382 g/mol. The molecule has 0 saturated heterocycles. The zero-order valence-electron chi connectivity index (χ0n) is 17.5. The molecule has 7 heteroatoms. The van der Waals surface area contributed by atoms with Crippen molar-refractivity contribution in [2.75, 3.05) is 20.3 Å². The van der Waals surface area contributed by atoms with Crippen LogP contribution in [0.15, 0.2) is 60.9 Å². The minimum Gasteiger partial charge on any atom is -0.496 e. The number of hydrogen-bond donors (Lipinski definition) is 1. The van der Waals surface area contributed by atoms with Crippen LogP contribution in [0.3, 0.4) is 0 Å². The fourth-order valence-corrected chi connectivity index (χ4v) is 3.05. The highest BCUT2D eigenvalue weighted by Gasteiger charge is 2.24. The Morgan fingerprint density at radius 2 is 1.80 bits per heavy atom. The van der Waals surface area contributed by atoms with Gasteiger partial charge in [0.1, 0.15) is 29.1 Å². The number of rotatable bonds is 10. The number of hydrogen-bond acceptors (Lipinski definition) is 5. The number of aryl methyl sites for hydroxylation is 1. The Bertz CT molecular complexity index is 953. The molecule has 3 rings (SSSR count). The zero-order chi connectivity index (χ0) is 21.3. The van der Waals surface area contributed by atoms with Crippen molar-refractivity contribution >= 4 is 5.91 Å². The standard InChI is InChI=1S/C23H27N3O4/c1-4-15-29-17-9-11-18(12-10-17)30-16-21(27)25-22(23-24-13-14-26(23)2)19-7-5-6-8-20(19)28-3/h5-14,22H,4,15-16H2,1-3H3,(H,25,27). The summed E-state index contributed by atoms with van der Waals surface area (Å²) >= 11 is 0. The van der Waals surface area contributed by atoms with E-state index in [-0.39, 0.29) is 12.5 Å². The topological polar surface area (TPSA) is 74.6 Å². The van der Waals surface area contributed by atoms with Crippen molar-refractivity contribution in [1.29, 1.82) is 0 Å². The Hall–Kier alpha value is -3.48. The number of imidazole rings is 1. The van der Waals surface area contributed by atoms with Gasteiger partial charge in [0.25, 0.3) is 5.91 Å². The molecule has 1 atom stereocenters. The first-order valence-electron chi connectivity index (χ1n) is 9.87. The molecule has 0 spiro atoms. The van der Waals surface area contributed by atoms with Crippen LogP contribution >= 0.6 is 0 Å². The molecule has 1 aromatic heterocycles. The highest BCUT2D eigenvalue weighted by atomic mass is 16.5. The number of nitrogens with one attached hydrogen (secondary N) is 1. The lowest BCUT2D eigenvalue weighted by molar-refractivity contribution is -0.123. The van der Waals surface area contributed by atoms with Gasteiger partial charge in [0.15, 0.2) is 6.61 Å². The Morgan fingerprint density at radius 1 is 1.10 bits per heavy atom. The number of amides is 1. The Morgan fingerprint density at radius 3 is 2.43 bits per heavy atom. The van der Waals surface area contributed by atoms with E-state index >= 15 is 0 Å². The molecule has 1 heterocycles. The minimum absolute atomic E-state index is 0.120. The number of carbonyl (C=O) groups excluding carboxylic acids is 1. The van der Waals surface area contributed by atoms with E-state index in [1.54, 1.807) is 25.4 Å². The molecule has 2 aromatic carbocycles. The minimum atomic E-state index is -0.470. The van der Waals surface area contributed by atoms with Crippen molar-refractivity contribution in [2.45, 2.75) is 19.4 Å². The second-order valence-corrected chi connectivity index (χ2v) is 6.75. The van der Waals surface area contributed by atoms with Gasteiger partial charge in [-0.25, -0.2) is 4.98 Å². The van der Waals surface area contributed by atoms with Gasteiger partial charge in [-0.2, -0.15) is 0 Å². The summed E-state index contributed by atoms with van der Waals surface area (Å²) in [5.41, 5.74) is 0.820. The second-order valence-electron chi connectivity index (χ2n) is 6.75. The van der Waals surface area contributed by atoms with Crippen LogP contribution in [0.5, 0.6) is 17.2 Å². The van der Waals surface area contributed by atoms with Gasteiger partial charge >= 0.3 is 0 Å². The van der Waals surface area contributed by atoms with Gasteiger partial charge in [-0.05, 0) is 36.8 Å². The third-order valence-corrected chi connectivity index (χ3v) is 4.54. The predicted octanol–water partition coefficient (Wildman–Crippen LogP) is 3.50. The van der Waals surface area contributed by atoms with E-state index in [0.717, 1.165) is 17.7 Å². The van der Waals surface area contributed by atoms with Crippen molar-refractivity contribution < 1.29 is 19.0 Å². The summed E-state index contributed by atoms with van der Waals surface area (Å²) in [6, 6.07) is 14.3. The molecule has 1 N–H and O–H groups in total. The molecule has 0 aliphatic carbocycles. The molecule has 0 saturated carbocycles. The first-order chi connectivity index (χ1) is 14.6. The average molecular weight is 409 g/mol. The van der Waals surface area contributed by atoms with E-state index in [1.807, 2.05) is 54.2 Å². The Kier molecular flexibility index (Phi) is 7.32. The van der Waals surface area contributed by atoms with Gasteiger partial charge in [0.2, 0.25) is 0 Å². The number of ether oxygens (including phenoxy) is 3. The molecule has 1 amide bonds. The maximum Gasteiger partial charge on any atom is 0.258 e. The van der Waals surface area contributed by atoms with Gasteiger partial charge in [-0.3, -0.25) is 4.79 Å².